The van der Waals surface area contributed by atoms with Crippen molar-refractivity contribution in [2.75, 3.05) is 40.3 Å². The topological polar surface area (TPSA) is 64.1 Å². The molecule has 2 aromatic carbocycles. The van der Waals surface area contributed by atoms with Crippen molar-refractivity contribution in [3.8, 4) is 11.1 Å². The Kier molecular flexibility index (Phi) is 6.94. The lowest BCUT2D eigenvalue weighted by molar-refractivity contribution is -0.143. The summed E-state index contributed by atoms with van der Waals surface area (Å²) in [5.74, 6) is 0.800. The SMILES string of the molecule is CN(C)C(=O)c1ccc(-c2ccc([C@H]3[C@H]4CN(C(=O)C5CCC5)CCCCN4[C@H]3CO)cc2)cc1. The van der Waals surface area contributed by atoms with Crippen LogP contribution >= 0.6 is 0 Å². The van der Waals surface area contributed by atoms with Gasteiger partial charge in [-0.15, -0.1) is 0 Å². The Labute approximate surface area is 208 Å². The summed E-state index contributed by atoms with van der Waals surface area (Å²) in [6.45, 7) is 2.76. The second kappa shape index (κ2) is 10.1. The van der Waals surface area contributed by atoms with E-state index in [1.165, 1.54) is 12.0 Å². The predicted molar refractivity (Wildman–Crippen MR) is 137 cm³/mol. The van der Waals surface area contributed by atoms with E-state index < -0.39 is 0 Å². The molecule has 2 amide bonds. The Bertz CT molecular complexity index is 1050. The Morgan fingerprint density at radius 3 is 2.11 bits per heavy atom. The van der Waals surface area contributed by atoms with Gasteiger partial charge in [-0.1, -0.05) is 42.8 Å². The number of carbonyl (C=O) groups is 2. The van der Waals surface area contributed by atoms with Gasteiger partial charge in [-0.05, 0) is 61.1 Å². The standard InChI is InChI=1S/C29H37N3O3/c1-30(2)28(34)24-14-10-21(11-15-24)20-8-12-22(13-9-20)27-25-18-31(29(35)23-6-5-7-23)16-3-4-17-32(25)26(27)19-33/h8-15,23,25-27,33H,3-7,16-19H2,1-2H3/t25-,26+,27+/m1/s1. The zero-order valence-corrected chi connectivity index (χ0v) is 20.9. The third-order valence-electron chi connectivity index (χ3n) is 8.30. The van der Waals surface area contributed by atoms with Crippen molar-refractivity contribution in [1.29, 1.82) is 0 Å². The third kappa shape index (κ3) is 4.62. The van der Waals surface area contributed by atoms with E-state index in [1.54, 1.807) is 19.0 Å². The fourth-order valence-electron chi connectivity index (χ4n) is 6.02. The van der Waals surface area contributed by atoms with Crippen LogP contribution in [0.5, 0.6) is 0 Å². The highest BCUT2D eigenvalue weighted by Gasteiger charge is 2.49. The van der Waals surface area contributed by atoms with Crippen molar-refractivity contribution >= 4 is 11.8 Å². The van der Waals surface area contributed by atoms with Crippen molar-refractivity contribution in [3.63, 3.8) is 0 Å². The summed E-state index contributed by atoms with van der Waals surface area (Å²) in [5.41, 5.74) is 4.09. The number of aliphatic hydroxyl groups excluding tert-OH is 1. The summed E-state index contributed by atoms with van der Waals surface area (Å²) in [4.78, 5) is 31.4. The molecule has 0 radical (unpaired) electrons. The molecule has 2 heterocycles. The summed E-state index contributed by atoms with van der Waals surface area (Å²) in [6, 6.07) is 16.7. The van der Waals surface area contributed by atoms with E-state index in [4.69, 9.17) is 0 Å². The number of carbonyl (C=O) groups excluding carboxylic acids is 2. The smallest absolute Gasteiger partial charge is 0.253 e. The Hall–Kier alpha value is -2.70. The molecule has 0 unspecified atom stereocenters. The van der Waals surface area contributed by atoms with Crippen molar-refractivity contribution in [3.05, 3.63) is 59.7 Å². The first kappa shape index (κ1) is 24.0. The molecule has 1 aliphatic carbocycles. The molecule has 5 rings (SSSR count). The average molecular weight is 476 g/mol. The number of benzene rings is 2. The molecule has 3 fully saturated rings. The van der Waals surface area contributed by atoms with E-state index in [1.807, 2.05) is 24.3 Å². The van der Waals surface area contributed by atoms with Crippen molar-refractivity contribution in [2.24, 2.45) is 5.92 Å². The monoisotopic (exact) mass is 475 g/mol. The molecule has 186 valence electrons. The van der Waals surface area contributed by atoms with E-state index in [-0.39, 0.29) is 36.4 Å². The van der Waals surface area contributed by atoms with Gasteiger partial charge in [0.15, 0.2) is 0 Å². The Morgan fingerprint density at radius 1 is 0.914 bits per heavy atom. The molecule has 6 heteroatoms. The van der Waals surface area contributed by atoms with Crippen LogP contribution in [-0.2, 0) is 4.79 Å². The molecular weight excluding hydrogens is 438 g/mol. The van der Waals surface area contributed by atoms with Crippen molar-refractivity contribution in [1.82, 2.24) is 14.7 Å². The van der Waals surface area contributed by atoms with Crippen LogP contribution in [0.25, 0.3) is 11.1 Å². The van der Waals surface area contributed by atoms with Gasteiger partial charge in [0.1, 0.15) is 0 Å². The van der Waals surface area contributed by atoms with Gasteiger partial charge >= 0.3 is 0 Å². The van der Waals surface area contributed by atoms with Crippen LogP contribution in [-0.4, -0.2) is 84.0 Å². The fourth-order valence-corrected chi connectivity index (χ4v) is 6.02. The summed E-state index contributed by atoms with van der Waals surface area (Å²) >= 11 is 0. The lowest BCUT2D eigenvalue weighted by atomic mass is 9.74. The Morgan fingerprint density at radius 2 is 1.54 bits per heavy atom. The number of rotatable bonds is 5. The van der Waals surface area contributed by atoms with Gasteiger partial charge in [-0.2, -0.15) is 0 Å². The molecule has 0 spiro atoms. The van der Waals surface area contributed by atoms with Crippen LogP contribution in [0.2, 0.25) is 0 Å². The van der Waals surface area contributed by atoms with Gasteiger partial charge in [0.2, 0.25) is 5.91 Å². The van der Waals surface area contributed by atoms with E-state index in [2.05, 4.69) is 34.1 Å². The predicted octanol–water partition coefficient (Wildman–Crippen LogP) is 3.61. The quantitative estimate of drug-likeness (QED) is 0.718. The summed E-state index contributed by atoms with van der Waals surface area (Å²) in [6.07, 6.45) is 5.36. The van der Waals surface area contributed by atoms with Crippen LogP contribution in [0.3, 0.4) is 0 Å². The van der Waals surface area contributed by atoms with E-state index in [0.29, 0.717) is 11.5 Å². The zero-order chi connectivity index (χ0) is 24.5. The zero-order valence-electron chi connectivity index (χ0n) is 20.9. The molecule has 2 aliphatic heterocycles. The van der Waals surface area contributed by atoms with Crippen LogP contribution in [0, 0.1) is 5.92 Å². The molecule has 2 saturated heterocycles. The van der Waals surface area contributed by atoms with Crippen molar-refractivity contribution < 1.29 is 14.7 Å². The van der Waals surface area contributed by atoms with Crippen LogP contribution in [0.15, 0.2) is 48.5 Å². The fraction of sp³-hybridized carbons (Fsp3) is 0.517. The molecule has 3 aliphatic rings. The highest BCUT2D eigenvalue weighted by molar-refractivity contribution is 5.94. The highest BCUT2D eigenvalue weighted by Crippen LogP contribution is 2.43. The minimum atomic E-state index is 0.000477. The van der Waals surface area contributed by atoms with Gasteiger partial charge in [-0.3, -0.25) is 14.5 Å². The van der Waals surface area contributed by atoms with E-state index >= 15 is 0 Å². The van der Waals surface area contributed by atoms with Crippen LogP contribution in [0.4, 0.5) is 0 Å². The number of aliphatic hydroxyl groups is 1. The maximum absolute atomic E-state index is 13.1. The molecular formula is C29H37N3O3. The first-order valence-electron chi connectivity index (χ1n) is 13.1. The Balaban J connectivity index is 1.33. The highest BCUT2D eigenvalue weighted by atomic mass is 16.3. The summed E-state index contributed by atoms with van der Waals surface area (Å²) in [7, 11) is 3.52. The number of nitrogens with zero attached hydrogens (tertiary/aromatic N) is 3. The van der Waals surface area contributed by atoms with E-state index in [9.17, 15) is 14.7 Å². The molecule has 1 N–H and O–H groups in total. The molecule has 0 aromatic heterocycles. The molecule has 3 atom stereocenters. The molecule has 35 heavy (non-hydrogen) atoms. The largest absolute Gasteiger partial charge is 0.395 e. The number of hydrogen-bond donors (Lipinski definition) is 1. The number of fused-ring (bicyclic) bond motifs is 1. The molecule has 6 nitrogen and oxygen atoms in total. The first-order chi connectivity index (χ1) is 17.0. The first-order valence-corrected chi connectivity index (χ1v) is 13.1. The van der Waals surface area contributed by atoms with Gasteiger partial charge in [0, 0.05) is 56.7 Å². The van der Waals surface area contributed by atoms with Gasteiger partial charge in [0.05, 0.1) is 6.61 Å². The van der Waals surface area contributed by atoms with Gasteiger partial charge in [0.25, 0.3) is 5.91 Å². The number of amides is 2. The molecule has 0 bridgehead atoms. The third-order valence-corrected chi connectivity index (χ3v) is 8.30. The van der Waals surface area contributed by atoms with Crippen LogP contribution in [0.1, 0.15) is 53.9 Å². The molecule has 1 saturated carbocycles. The number of hydrogen-bond acceptors (Lipinski definition) is 4. The van der Waals surface area contributed by atoms with E-state index in [0.717, 1.165) is 56.4 Å². The van der Waals surface area contributed by atoms with Gasteiger partial charge in [-0.25, -0.2) is 0 Å². The maximum Gasteiger partial charge on any atom is 0.253 e. The van der Waals surface area contributed by atoms with Crippen molar-refractivity contribution in [2.45, 2.75) is 50.1 Å². The summed E-state index contributed by atoms with van der Waals surface area (Å²) in [5, 5.41) is 10.2. The normalized spacial score (nSPS) is 25.0. The minimum Gasteiger partial charge on any atom is -0.395 e. The lowest BCUT2D eigenvalue weighted by Gasteiger charge is -2.57. The molecule has 2 aromatic rings. The average Bonchev–Trinajstić information content (AvgIpc) is 2.82. The lowest BCUT2D eigenvalue weighted by Crippen LogP contribution is -2.68. The summed E-state index contributed by atoms with van der Waals surface area (Å²) < 4.78 is 0. The second-order valence-corrected chi connectivity index (χ2v) is 10.6. The van der Waals surface area contributed by atoms with Gasteiger partial charge < -0.3 is 14.9 Å². The second-order valence-electron chi connectivity index (χ2n) is 10.6. The minimum absolute atomic E-state index is 0.000477. The maximum atomic E-state index is 13.1. The van der Waals surface area contributed by atoms with Crippen LogP contribution < -0.4 is 0 Å².